The number of aliphatic hydroxyl groups excluding tert-OH is 3. The molecule has 0 amide bonds. The van der Waals surface area contributed by atoms with E-state index in [0.717, 1.165) is 0 Å². The van der Waals surface area contributed by atoms with Crippen LogP contribution in [0.1, 0.15) is 6.23 Å². The fourth-order valence-corrected chi connectivity index (χ4v) is 2.24. The van der Waals surface area contributed by atoms with Crippen molar-refractivity contribution >= 4 is 17.1 Å². The Kier molecular flexibility index (Phi) is 3.93. The Bertz CT molecular complexity index is 699. The van der Waals surface area contributed by atoms with E-state index in [2.05, 4.69) is 15.0 Å². The number of H-pyrrole nitrogens is 1. The van der Waals surface area contributed by atoms with Crippen LogP contribution >= 0.6 is 0 Å². The molecule has 1 aliphatic rings. The summed E-state index contributed by atoms with van der Waals surface area (Å²) in [5.41, 5.74) is 5.12. The molecule has 0 bridgehead atoms. The molecule has 116 valence electrons. The van der Waals surface area contributed by atoms with Gasteiger partial charge in [-0.1, -0.05) is 0 Å². The van der Waals surface area contributed by atoms with Crippen LogP contribution in [0.25, 0.3) is 11.2 Å². The lowest BCUT2D eigenvalue weighted by Gasteiger charge is -2.16. The molecule has 1 fully saturated rings. The summed E-state index contributed by atoms with van der Waals surface area (Å²) >= 11 is 0. The third-order valence-corrected chi connectivity index (χ3v) is 3.24. The number of rotatable bonds is 2. The molecule has 11 heteroatoms. The van der Waals surface area contributed by atoms with Gasteiger partial charge in [-0.2, -0.15) is 4.98 Å². The molecule has 1 saturated heterocycles. The van der Waals surface area contributed by atoms with E-state index < -0.39 is 36.7 Å². The van der Waals surface area contributed by atoms with Gasteiger partial charge in [0.05, 0.1) is 12.9 Å². The van der Waals surface area contributed by atoms with Crippen molar-refractivity contribution in [2.24, 2.45) is 0 Å². The first-order valence-corrected chi connectivity index (χ1v) is 5.87. The summed E-state index contributed by atoms with van der Waals surface area (Å²) in [6, 6.07) is 0. The number of nitrogens with two attached hydrogens (primary N) is 1. The van der Waals surface area contributed by atoms with E-state index in [1.165, 1.54) is 10.9 Å². The van der Waals surface area contributed by atoms with Gasteiger partial charge in [-0.15, -0.1) is 0 Å². The van der Waals surface area contributed by atoms with Crippen molar-refractivity contribution < 1.29 is 25.5 Å². The topological polar surface area (TPSA) is 191 Å². The number of hydrogen-bond donors (Lipinski definition) is 5. The third kappa shape index (κ3) is 2.26. The van der Waals surface area contributed by atoms with E-state index in [9.17, 15) is 15.0 Å². The van der Waals surface area contributed by atoms with Gasteiger partial charge >= 0.3 is 0 Å². The Morgan fingerprint density at radius 1 is 1.43 bits per heavy atom. The molecule has 3 heterocycles. The predicted molar refractivity (Wildman–Crippen MR) is 69.2 cm³/mol. The standard InChI is InChI=1S/C10H13N5O5.H2O/c11-10-13-7-4(8(19)14-10)12-2-15(7)9-6(18)5(17)3(1-16)20-9;/h2-3,5-6,9,16-18H,1H2,(H3,11,13,14,19);1H2/t3-,5-,6-,9-;/m1./s1. The van der Waals surface area contributed by atoms with Gasteiger partial charge in [0.25, 0.3) is 5.56 Å². The van der Waals surface area contributed by atoms with E-state index in [4.69, 9.17) is 15.6 Å². The van der Waals surface area contributed by atoms with Gasteiger partial charge in [-0.25, -0.2) is 4.98 Å². The fourth-order valence-electron chi connectivity index (χ4n) is 2.24. The minimum Gasteiger partial charge on any atom is -0.412 e. The number of nitrogens with zero attached hydrogens (tertiary/aromatic N) is 3. The quantitative estimate of drug-likeness (QED) is 0.377. The highest BCUT2D eigenvalue weighted by atomic mass is 16.6. The summed E-state index contributed by atoms with van der Waals surface area (Å²) in [5.74, 6) is -0.101. The van der Waals surface area contributed by atoms with Gasteiger partial charge in [0.15, 0.2) is 17.4 Å². The van der Waals surface area contributed by atoms with Crippen LogP contribution in [0.15, 0.2) is 11.1 Å². The highest BCUT2D eigenvalue weighted by molar-refractivity contribution is 5.70. The number of nitrogen functional groups attached to an aromatic ring is 1. The number of aromatic nitrogens is 4. The number of fused-ring (bicyclic) bond motifs is 1. The lowest BCUT2D eigenvalue weighted by molar-refractivity contribution is -0.0511. The number of ether oxygens (including phenoxy) is 1. The number of imidazole rings is 1. The summed E-state index contributed by atoms with van der Waals surface area (Å²) < 4.78 is 6.64. The Morgan fingerprint density at radius 3 is 2.76 bits per heavy atom. The number of aliphatic hydroxyl groups is 3. The van der Waals surface area contributed by atoms with Crippen LogP contribution in [0, 0.1) is 0 Å². The molecule has 0 saturated carbocycles. The number of hydrogen-bond acceptors (Lipinski definition) is 8. The molecule has 0 aliphatic carbocycles. The van der Waals surface area contributed by atoms with Crippen LogP contribution in [-0.4, -0.2) is 65.2 Å². The number of nitrogens with one attached hydrogen (secondary N) is 1. The highest BCUT2D eigenvalue weighted by Crippen LogP contribution is 2.30. The van der Waals surface area contributed by atoms with Crippen molar-refractivity contribution in [3.8, 4) is 0 Å². The second-order valence-corrected chi connectivity index (χ2v) is 4.50. The Balaban J connectivity index is 0.00000161. The zero-order chi connectivity index (χ0) is 14.4. The first-order chi connectivity index (χ1) is 9.52. The van der Waals surface area contributed by atoms with E-state index >= 15 is 0 Å². The molecular weight excluding hydrogens is 286 g/mol. The maximum absolute atomic E-state index is 11.7. The molecular formula is C10H15N5O6. The Hall–Kier alpha value is -2.05. The number of anilines is 1. The Morgan fingerprint density at radius 2 is 2.14 bits per heavy atom. The molecule has 2 aromatic rings. The summed E-state index contributed by atoms with van der Waals surface area (Å²) in [6.07, 6.45) is -3.21. The lowest BCUT2D eigenvalue weighted by Crippen LogP contribution is -2.33. The van der Waals surface area contributed by atoms with E-state index in [1.807, 2.05) is 0 Å². The molecule has 0 aromatic carbocycles. The zero-order valence-corrected chi connectivity index (χ0v) is 10.7. The molecule has 4 atom stereocenters. The van der Waals surface area contributed by atoms with Crippen molar-refractivity contribution in [3.63, 3.8) is 0 Å². The van der Waals surface area contributed by atoms with Gasteiger partial charge in [0.1, 0.15) is 18.3 Å². The minimum atomic E-state index is -1.29. The molecule has 1 aliphatic heterocycles. The fraction of sp³-hybridized carbons (Fsp3) is 0.500. The first-order valence-electron chi connectivity index (χ1n) is 5.87. The van der Waals surface area contributed by atoms with E-state index in [-0.39, 0.29) is 22.6 Å². The van der Waals surface area contributed by atoms with Crippen LogP contribution in [0.4, 0.5) is 5.95 Å². The molecule has 11 nitrogen and oxygen atoms in total. The summed E-state index contributed by atoms with van der Waals surface area (Å²) in [7, 11) is 0. The first kappa shape index (κ1) is 15.3. The Labute approximate surface area is 116 Å². The monoisotopic (exact) mass is 301 g/mol. The van der Waals surface area contributed by atoms with Crippen molar-refractivity contribution in [2.45, 2.75) is 24.5 Å². The van der Waals surface area contributed by atoms with Gasteiger partial charge in [-0.05, 0) is 0 Å². The summed E-state index contributed by atoms with van der Waals surface area (Å²) in [4.78, 5) is 21.8. The third-order valence-electron chi connectivity index (χ3n) is 3.24. The largest absolute Gasteiger partial charge is 0.412 e. The van der Waals surface area contributed by atoms with Gasteiger partial charge < -0.3 is 31.3 Å². The average Bonchev–Trinajstić information content (AvgIpc) is 2.93. The van der Waals surface area contributed by atoms with Crippen LogP contribution in [-0.2, 0) is 4.74 Å². The van der Waals surface area contributed by atoms with Gasteiger partial charge in [0.2, 0.25) is 5.95 Å². The lowest BCUT2D eigenvalue weighted by atomic mass is 10.1. The number of aromatic amines is 1. The van der Waals surface area contributed by atoms with Crippen LogP contribution in [0.2, 0.25) is 0 Å². The molecule has 8 N–H and O–H groups in total. The second kappa shape index (κ2) is 5.38. The predicted octanol–water partition coefficient (Wildman–Crippen LogP) is -3.51. The molecule has 0 radical (unpaired) electrons. The van der Waals surface area contributed by atoms with Gasteiger partial charge in [0, 0.05) is 0 Å². The molecule has 0 spiro atoms. The minimum absolute atomic E-state index is 0. The molecule has 3 rings (SSSR count). The molecule has 2 aromatic heterocycles. The SMILES string of the molecule is Nc1nc2c(ncn2[C@@H]2O[C@H](CO)[C@@H](O)[C@H]2O)c(=O)[nH]1.O. The van der Waals surface area contributed by atoms with Crippen molar-refractivity contribution in [2.75, 3.05) is 12.3 Å². The molecule has 0 unspecified atom stereocenters. The second-order valence-electron chi connectivity index (χ2n) is 4.50. The van der Waals surface area contributed by atoms with Crippen molar-refractivity contribution in [1.29, 1.82) is 0 Å². The normalized spacial score (nSPS) is 28.7. The van der Waals surface area contributed by atoms with E-state index in [1.54, 1.807) is 0 Å². The van der Waals surface area contributed by atoms with Gasteiger partial charge in [-0.3, -0.25) is 14.3 Å². The van der Waals surface area contributed by atoms with Crippen molar-refractivity contribution in [3.05, 3.63) is 16.7 Å². The van der Waals surface area contributed by atoms with Crippen LogP contribution in [0.3, 0.4) is 0 Å². The summed E-state index contributed by atoms with van der Waals surface area (Å²) in [5, 5.41) is 28.7. The smallest absolute Gasteiger partial charge is 0.280 e. The summed E-state index contributed by atoms with van der Waals surface area (Å²) in [6.45, 7) is -0.447. The van der Waals surface area contributed by atoms with Crippen molar-refractivity contribution in [1.82, 2.24) is 19.5 Å². The maximum atomic E-state index is 11.7. The maximum Gasteiger partial charge on any atom is 0.280 e. The van der Waals surface area contributed by atoms with E-state index in [0.29, 0.717) is 0 Å². The van der Waals surface area contributed by atoms with Crippen LogP contribution < -0.4 is 11.3 Å². The van der Waals surface area contributed by atoms with Crippen LogP contribution in [0.5, 0.6) is 0 Å². The average molecular weight is 301 g/mol. The molecule has 21 heavy (non-hydrogen) atoms. The zero-order valence-electron chi connectivity index (χ0n) is 10.7. The highest BCUT2D eigenvalue weighted by Gasteiger charge is 2.44.